The fourth-order valence-corrected chi connectivity index (χ4v) is 2.91. The first-order valence-electron chi connectivity index (χ1n) is 7.89. The number of ether oxygens (including phenoxy) is 1. The highest BCUT2D eigenvalue weighted by molar-refractivity contribution is 5.82. The van der Waals surface area contributed by atoms with Gasteiger partial charge < -0.3 is 15.5 Å². The van der Waals surface area contributed by atoms with Crippen LogP contribution in [0.15, 0.2) is 61.3 Å². The maximum Gasteiger partial charge on any atom is 0.141 e. The van der Waals surface area contributed by atoms with Crippen molar-refractivity contribution in [1.82, 2.24) is 19.9 Å². The van der Waals surface area contributed by atoms with E-state index in [-0.39, 0.29) is 6.04 Å². The van der Waals surface area contributed by atoms with Crippen LogP contribution in [0.2, 0.25) is 0 Å². The van der Waals surface area contributed by atoms with Gasteiger partial charge in [-0.05, 0) is 41.5 Å². The number of methoxy groups -OCH3 is 1. The maximum atomic E-state index is 6.46. The molecule has 6 nitrogen and oxygen atoms in total. The molecule has 25 heavy (non-hydrogen) atoms. The Morgan fingerprint density at radius 2 is 2.04 bits per heavy atom. The van der Waals surface area contributed by atoms with E-state index in [1.807, 2.05) is 36.4 Å². The first-order valence-corrected chi connectivity index (χ1v) is 7.89. The Bertz CT molecular complexity index is 980. The molecule has 3 aromatic heterocycles. The second kappa shape index (κ2) is 6.33. The van der Waals surface area contributed by atoms with Crippen molar-refractivity contribution >= 4 is 11.0 Å². The average Bonchev–Trinajstić information content (AvgIpc) is 3.12. The van der Waals surface area contributed by atoms with Crippen LogP contribution in [0.25, 0.3) is 22.3 Å². The van der Waals surface area contributed by atoms with Gasteiger partial charge in [-0.3, -0.25) is 4.98 Å². The van der Waals surface area contributed by atoms with Crippen LogP contribution in [-0.2, 0) is 0 Å². The lowest BCUT2D eigenvalue weighted by molar-refractivity contribution is 0.408. The Morgan fingerprint density at radius 1 is 1.12 bits per heavy atom. The van der Waals surface area contributed by atoms with Crippen LogP contribution in [0.4, 0.5) is 0 Å². The largest absolute Gasteiger partial charge is 0.496 e. The predicted octanol–water partition coefficient (Wildman–Crippen LogP) is 3.08. The summed E-state index contributed by atoms with van der Waals surface area (Å²) in [5.74, 6) is 0.746. The van der Waals surface area contributed by atoms with E-state index in [2.05, 4.69) is 19.9 Å². The van der Waals surface area contributed by atoms with Crippen LogP contribution < -0.4 is 10.5 Å². The molecule has 0 saturated carbocycles. The number of hydrogen-bond acceptors (Lipinski definition) is 5. The number of benzene rings is 1. The van der Waals surface area contributed by atoms with Gasteiger partial charge in [-0.25, -0.2) is 9.97 Å². The Hall–Kier alpha value is -3.25. The molecule has 0 spiro atoms. The topological polar surface area (TPSA) is 89.7 Å². The van der Waals surface area contributed by atoms with E-state index >= 15 is 0 Å². The number of nitrogens with one attached hydrogen (secondary N) is 1. The van der Waals surface area contributed by atoms with Crippen LogP contribution in [0.1, 0.15) is 17.2 Å². The normalized spacial score (nSPS) is 12.2. The number of aromatic amines is 1. The van der Waals surface area contributed by atoms with Gasteiger partial charge in [0.15, 0.2) is 0 Å². The van der Waals surface area contributed by atoms with E-state index in [1.54, 1.807) is 25.7 Å². The molecule has 0 fully saturated rings. The Balaban J connectivity index is 1.80. The molecule has 1 unspecified atom stereocenters. The minimum atomic E-state index is -0.326. The standard InChI is InChI=1S/C19H17N5O/c1-25-17-5-4-12(16-8-14-10-22-11-23-19(14)24-16)7-15(17)18(20)13-3-2-6-21-9-13/h2-11,18H,20H2,1H3,(H,22,23,24). The molecule has 4 rings (SSSR count). The zero-order valence-corrected chi connectivity index (χ0v) is 13.7. The van der Waals surface area contributed by atoms with E-state index in [1.165, 1.54) is 6.33 Å². The summed E-state index contributed by atoms with van der Waals surface area (Å²) in [6.45, 7) is 0. The predicted molar refractivity (Wildman–Crippen MR) is 96.1 cm³/mol. The van der Waals surface area contributed by atoms with Gasteiger partial charge in [0.2, 0.25) is 0 Å². The molecule has 0 aliphatic heterocycles. The van der Waals surface area contributed by atoms with Gasteiger partial charge in [0, 0.05) is 35.2 Å². The Labute approximate surface area is 144 Å². The van der Waals surface area contributed by atoms with Crippen LogP contribution in [-0.4, -0.2) is 27.0 Å². The molecule has 0 radical (unpaired) electrons. The van der Waals surface area contributed by atoms with Gasteiger partial charge in [-0.15, -0.1) is 0 Å². The average molecular weight is 331 g/mol. The van der Waals surface area contributed by atoms with Gasteiger partial charge in [-0.2, -0.15) is 0 Å². The monoisotopic (exact) mass is 331 g/mol. The molecule has 0 aliphatic carbocycles. The lowest BCUT2D eigenvalue weighted by atomic mass is 9.97. The number of H-pyrrole nitrogens is 1. The van der Waals surface area contributed by atoms with Crippen molar-refractivity contribution in [2.75, 3.05) is 7.11 Å². The zero-order valence-electron chi connectivity index (χ0n) is 13.7. The number of fused-ring (bicyclic) bond motifs is 1. The van der Waals surface area contributed by atoms with Gasteiger partial charge in [-0.1, -0.05) is 6.07 Å². The first kappa shape index (κ1) is 15.3. The highest BCUT2D eigenvalue weighted by Gasteiger charge is 2.16. The summed E-state index contributed by atoms with van der Waals surface area (Å²) in [4.78, 5) is 15.8. The van der Waals surface area contributed by atoms with Crippen molar-refractivity contribution in [2.24, 2.45) is 5.73 Å². The molecular weight excluding hydrogens is 314 g/mol. The summed E-state index contributed by atoms with van der Waals surface area (Å²) in [5, 5.41) is 0.964. The highest BCUT2D eigenvalue weighted by atomic mass is 16.5. The molecule has 0 aliphatic rings. The minimum absolute atomic E-state index is 0.326. The van der Waals surface area contributed by atoms with E-state index in [0.29, 0.717) is 0 Å². The molecule has 6 heteroatoms. The quantitative estimate of drug-likeness (QED) is 0.600. The fraction of sp³-hybridized carbons (Fsp3) is 0.105. The van der Waals surface area contributed by atoms with Crippen LogP contribution in [0.5, 0.6) is 5.75 Å². The number of nitrogens with two attached hydrogens (primary N) is 1. The van der Waals surface area contributed by atoms with Crippen LogP contribution >= 0.6 is 0 Å². The molecule has 0 amide bonds. The molecule has 4 aromatic rings. The van der Waals surface area contributed by atoms with Crippen molar-refractivity contribution < 1.29 is 4.74 Å². The van der Waals surface area contributed by atoms with E-state index in [4.69, 9.17) is 10.5 Å². The second-order valence-corrected chi connectivity index (χ2v) is 5.73. The van der Waals surface area contributed by atoms with Crippen molar-refractivity contribution in [3.63, 3.8) is 0 Å². The Kier molecular flexibility index (Phi) is 3.87. The molecule has 3 heterocycles. The first-order chi connectivity index (χ1) is 12.3. The van der Waals surface area contributed by atoms with Crippen molar-refractivity contribution in [2.45, 2.75) is 6.04 Å². The van der Waals surface area contributed by atoms with Gasteiger partial charge in [0.05, 0.1) is 13.2 Å². The summed E-state index contributed by atoms with van der Waals surface area (Å²) in [6.07, 6.45) is 6.82. The number of aromatic nitrogens is 4. The molecule has 0 saturated heterocycles. The number of nitrogens with zero attached hydrogens (tertiary/aromatic N) is 3. The third-order valence-corrected chi connectivity index (χ3v) is 4.21. The van der Waals surface area contributed by atoms with Crippen molar-refractivity contribution in [1.29, 1.82) is 0 Å². The summed E-state index contributed by atoms with van der Waals surface area (Å²) in [5.41, 5.74) is 11.1. The fourth-order valence-electron chi connectivity index (χ4n) is 2.91. The zero-order chi connectivity index (χ0) is 17.2. The highest BCUT2D eigenvalue weighted by Crippen LogP contribution is 2.33. The van der Waals surface area contributed by atoms with Crippen molar-refractivity contribution in [3.8, 4) is 17.0 Å². The molecule has 3 N–H and O–H groups in total. The van der Waals surface area contributed by atoms with E-state index < -0.39 is 0 Å². The third-order valence-electron chi connectivity index (χ3n) is 4.21. The summed E-state index contributed by atoms with van der Waals surface area (Å²) >= 11 is 0. The van der Waals surface area contributed by atoms with Crippen LogP contribution in [0.3, 0.4) is 0 Å². The third kappa shape index (κ3) is 2.83. The minimum Gasteiger partial charge on any atom is -0.496 e. The van der Waals surface area contributed by atoms with E-state index in [9.17, 15) is 0 Å². The molecule has 1 atom stereocenters. The summed E-state index contributed by atoms with van der Waals surface area (Å²) in [6, 6.07) is 11.5. The SMILES string of the molecule is COc1ccc(-c2cc3cncnc3[nH]2)cc1C(N)c1cccnc1. The van der Waals surface area contributed by atoms with Gasteiger partial charge in [0.25, 0.3) is 0 Å². The maximum absolute atomic E-state index is 6.46. The second-order valence-electron chi connectivity index (χ2n) is 5.73. The molecule has 1 aromatic carbocycles. The summed E-state index contributed by atoms with van der Waals surface area (Å²) < 4.78 is 5.50. The number of pyridine rings is 1. The van der Waals surface area contributed by atoms with Crippen molar-refractivity contribution in [3.05, 3.63) is 72.4 Å². The lowest BCUT2D eigenvalue weighted by Crippen LogP contribution is -2.13. The molecule has 124 valence electrons. The summed E-state index contributed by atoms with van der Waals surface area (Å²) in [7, 11) is 1.65. The van der Waals surface area contributed by atoms with Crippen LogP contribution in [0, 0.1) is 0 Å². The number of hydrogen-bond donors (Lipinski definition) is 2. The van der Waals surface area contributed by atoms with E-state index in [0.717, 1.165) is 39.2 Å². The number of rotatable bonds is 4. The van der Waals surface area contributed by atoms with Gasteiger partial charge >= 0.3 is 0 Å². The van der Waals surface area contributed by atoms with Gasteiger partial charge in [0.1, 0.15) is 17.7 Å². The Morgan fingerprint density at radius 3 is 2.80 bits per heavy atom. The lowest BCUT2D eigenvalue weighted by Gasteiger charge is -2.17. The molecular formula is C19H17N5O. The smallest absolute Gasteiger partial charge is 0.141 e. The molecule has 0 bridgehead atoms.